The van der Waals surface area contributed by atoms with Gasteiger partial charge in [-0.05, 0) is 24.6 Å². The lowest BCUT2D eigenvalue weighted by molar-refractivity contribution is -0.156. The Balaban J connectivity index is 2.16. The van der Waals surface area contributed by atoms with Gasteiger partial charge in [0.2, 0.25) is 0 Å². The number of hydrogen-bond donors (Lipinski definition) is 3. The number of H-pyrrole nitrogens is 2. The Morgan fingerprint density at radius 3 is 2.38 bits per heavy atom. The molecule has 0 fully saturated rings. The number of aromatic nitrogens is 2. The van der Waals surface area contributed by atoms with Gasteiger partial charge in [-0.3, -0.25) is 14.7 Å². The smallest absolute Gasteiger partial charge is 0.337 e. The van der Waals surface area contributed by atoms with Crippen LogP contribution in [0.5, 0.6) is 0 Å². The standard InChI is InChI=1S/C18H20N2O6/c1-18(24)8-11-13(15(21)20-19-11)12(14(18)17(23)26-3)9-4-6-10(7-5-9)16(22)25-2/h4-7,12,14,24H,8H2,1-3H3,(H2,19,20,21)/t12-,14-,18+/m0/s1. The summed E-state index contributed by atoms with van der Waals surface area (Å²) in [7, 11) is 2.53. The van der Waals surface area contributed by atoms with Gasteiger partial charge in [0.15, 0.2) is 0 Å². The van der Waals surface area contributed by atoms with Gasteiger partial charge in [-0.2, -0.15) is 0 Å². The summed E-state index contributed by atoms with van der Waals surface area (Å²) in [4.78, 5) is 36.4. The number of fused-ring (bicyclic) bond motifs is 1. The molecule has 1 aromatic carbocycles. The Hall–Kier alpha value is -2.87. The molecule has 0 saturated heterocycles. The number of aromatic amines is 2. The van der Waals surface area contributed by atoms with E-state index in [1.54, 1.807) is 31.2 Å². The number of hydrogen-bond acceptors (Lipinski definition) is 6. The monoisotopic (exact) mass is 360 g/mol. The Kier molecular flexibility index (Phi) is 4.45. The summed E-state index contributed by atoms with van der Waals surface area (Å²) in [5.74, 6) is -2.79. The first-order chi connectivity index (χ1) is 12.3. The molecular weight excluding hydrogens is 340 g/mol. The maximum Gasteiger partial charge on any atom is 0.337 e. The second-order valence-corrected chi connectivity index (χ2v) is 6.60. The third kappa shape index (κ3) is 2.82. The lowest BCUT2D eigenvalue weighted by Gasteiger charge is -2.40. The molecule has 138 valence electrons. The van der Waals surface area contributed by atoms with Crippen molar-refractivity contribution in [2.75, 3.05) is 14.2 Å². The summed E-state index contributed by atoms with van der Waals surface area (Å²) in [5, 5.41) is 16.2. The number of methoxy groups -OCH3 is 2. The van der Waals surface area contributed by atoms with Crippen LogP contribution in [-0.2, 0) is 20.7 Å². The Labute approximate surface area is 149 Å². The highest BCUT2D eigenvalue weighted by Crippen LogP contribution is 2.44. The Morgan fingerprint density at radius 2 is 1.81 bits per heavy atom. The predicted molar refractivity (Wildman–Crippen MR) is 90.9 cm³/mol. The number of rotatable bonds is 3. The molecule has 0 saturated carbocycles. The molecule has 0 bridgehead atoms. The first-order valence-corrected chi connectivity index (χ1v) is 8.08. The number of benzene rings is 1. The molecule has 1 aliphatic rings. The fourth-order valence-corrected chi connectivity index (χ4v) is 3.69. The molecule has 1 aromatic heterocycles. The van der Waals surface area contributed by atoms with Gasteiger partial charge in [0, 0.05) is 23.6 Å². The molecule has 8 heteroatoms. The molecule has 1 aliphatic carbocycles. The van der Waals surface area contributed by atoms with E-state index in [0.29, 0.717) is 22.4 Å². The van der Waals surface area contributed by atoms with Gasteiger partial charge in [0.1, 0.15) is 0 Å². The summed E-state index contributed by atoms with van der Waals surface area (Å²) in [6, 6.07) is 6.40. The molecule has 3 rings (SSSR count). The van der Waals surface area contributed by atoms with Crippen molar-refractivity contribution in [2.24, 2.45) is 5.92 Å². The van der Waals surface area contributed by atoms with Crippen LogP contribution in [0.2, 0.25) is 0 Å². The highest BCUT2D eigenvalue weighted by atomic mass is 16.5. The summed E-state index contributed by atoms with van der Waals surface area (Å²) in [6.45, 7) is 1.54. The maximum absolute atomic E-state index is 12.5. The molecule has 0 radical (unpaired) electrons. The van der Waals surface area contributed by atoms with Gasteiger partial charge in [-0.15, -0.1) is 0 Å². The highest BCUT2D eigenvalue weighted by molar-refractivity contribution is 5.89. The van der Waals surface area contributed by atoms with Crippen molar-refractivity contribution in [3.05, 3.63) is 57.0 Å². The molecule has 0 spiro atoms. The molecule has 0 amide bonds. The van der Waals surface area contributed by atoms with Gasteiger partial charge < -0.3 is 19.7 Å². The molecular formula is C18H20N2O6. The van der Waals surface area contributed by atoms with Crippen LogP contribution >= 0.6 is 0 Å². The third-order valence-electron chi connectivity index (χ3n) is 4.89. The van der Waals surface area contributed by atoms with E-state index in [1.807, 2.05) is 0 Å². The summed E-state index contributed by atoms with van der Waals surface area (Å²) in [5.41, 5.74) is 0.110. The van der Waals surface area contributed by atoms with Gasteiger partial charge in [0.05, 0.1) is 31.3 Å². The van der Waals surface area contributed by atoms with E-state index in [9.17, 15) is 19.5 Å². The van der Waals surface area contributed by atoms with Crippen LogP contribution in [-0.4, -0.2) is 47.1 Å². The third-order valence-corrected chi connectivity index (χ3v) is 4.89. The van der Waals surface area contributed by atoms with Crippen molar-refractivity contribution < 1.29 is 24.2 Å². The fourth-order valence-electron chi connectivity index (χ4n) is 3.69. The molecule has 3 N–H and O–H groups in total. The normalized spacial score (nSPS) is 24.6. The number of nitrogens with one attached hydrogen (secondary N) is 2. The van der Waals surface area contributed by atoms with Crippen LogP contribution in [0.4, 0.5) is 0 Å². The van der Waals surface area contributed by atoms with E-state index in [2.05, 4.69) is 14.9 Å². The first kappa shape index (κ1) is 17.9. The fraction of sp³-hybridized carbons (Fsp3) is 0.389. The van der Waals surface area contributed by atoms with Crippen molar-refractivity contribution in [1.29, 1.82) is 0 Å². The van der Waals surface area contributed by atoms with Crippen LogP contribution < -0.4 is 5.56 Å². The predicted octanol–water partition coefficient (Wildman–Crippen LogP) is 0.718. The molecule has 3 atom stereocenters. The largest absolute Gasteiger partial charge is 0.469 e. The van der Waals surface area contributed by atoms with E-state index in [0.717, 1.165) is 0 Å². The zero-order chi connectivity index (χ0) is 19.1. The quantitative estimate of drug-likeness (QED) is 0.694. The minimum Gasteiger partial charge on any atom is -0.469 e. The second kappa shape index (κ2) is 6.45. The van der Waals surface area contributed by atoms with E-state index < -0.39 is 29.4 Å². The van der Waals surface area contributed by atoms with Crippen LogP contribution in [0.15, 0.2) is 29.1 Å². The van der Waals surface area contributed by atoms with Gasteiger partial charge in [-0.25, -0.2) is 4.79 Å². The molecule has 8 nitrogen and oxygen atoms in total. The summed E-state index contributed by atoms with van der Waals surface area (Å²) >= 11 is 0. The van der Waals surface area contributed by atoms with Crippen LogP contribution in [0.1, 0.15) is 40.0 Å². The summed E-state index contributed by atoms with van der Waals surface area (Å²) < 4.78 is 9.57. The van der Waals surface area contributed by atoms with E-state index in [1.165, 1.54) is 14.2 Å². The van der Waals surface area contributed by atoms with Crippen LogP contribution in [0, 0.1) is 5.92 Å². The Morgan fingerprint density at radius 1 is 1.15 bits per heavy atom. The SMILES string of the molecule is COC(=O)c1ccc([C@H]2c3c([nH][nH]c3=O)C[C@@](C)(O)[C@@H]2C(=O)OC)cc1. The molecule has 2 aromatic rings. The average molecular weight is 360 g/mol. The molecule has 1 heterocycles. The van der Waals surface area contributed by atoms with Crippen molar-refractivity contribution in [2.45, 2.75) is 24.9 Å². The first-order valence-electron chi connectivity index (χ1n) is 8.08. The average Bonchev–Trinajstić information content (AvgIpc) is 2.98. The topological polar surface area (TPSA) is 121 Å². The number of esters is 2. The zero-order valence-electron chi connectivity index (χ0n) is 14.7. The van der Waals surface area contributed by atoms with Crippen LogP contribution in [0.3, 0.4) is 0 Å². The maximum atomic E-state index is 12.5. The number of aliphatic hydroxyl groups is 1. The van der Waals surface area contributed by atoms with Gasteiger partial charge >= 0.3 is 11.9 Å². The van der Waals surface area contributed by atoms with Crippen molar-refractivity contribution >= 4 is 11.9 Å². The summed E-state index contributed by atoms with van der Waals surface area (Å²) in [6.07, 6.45) is 0.109. The number of carbonyl (C=O) groups is 2. The van der Waals surface area contributed by atoms with Crippen LogP contribution in [0.25, 0.3) is 0 Å². The lowest BCUT2D eigenvalue weighted by atomic mass is 9.66. The van der Waals surface area contributed by atoms with Crippen molar-refractivity contribution in [1.82, 2.24) is 10.2 Å². The molecule has 0 aliphatic heterocycles. The minimum absolute atomic E-state index is 0.109. The van der Waals surface area contributed by atoms with E-state index >= 15 is 0 Å². The molecule has 26 heavy (non-hydrogen) atoms. The Bertz CT molecular complexity index is 893. The van der Waals surface area contributed by atoms with Crippen molar-refractivity contribution in [3.63, 3.8) is 0 Å². The molecule has 0 unspecified atom stereocenters. The number of ether oxygens (including phenoxy) is 2. The van der Waals surface area contributed by atoms with E-state index in [4.69, 9.17) is 4.74 Å². The second-order valence-electron chi connectivity index (χ2n) is 6.60. The van der Waals surface area contributed by atoms with E-state index in [-0.39, 0.29) is 12.0 Å². The lowest BCUT2D eigenvalue weighted by Crippen LogP contribution is -2.49. The minimum atomic E-state index is -1.42. The van der Waals surface area contributed by atoms with Gasteiger partial charge in [0.25, 0.3) is 5.56 Å². The number of carbonyl (C=O) groups excluding carboxylic acids is 2. The zero-order valence-corrected chi connectivity index (χ0v) is 14.7. The van der Waals surface area contributed by atoms with Crippen molar-refractivity contribution in [3.8, 4) is 0 Å². The van der Waals surface area contributed by atoms with Gasteiger partial charge in [-0.1, -0.05) is 12.1 Å². The highest BCUT2D eigenvalue weighted by Gasteiger charge is 2.51.